The highest BCUT2D eigenvalue weighted by Gasteiger charge is 2.20. The van der Waals surface area contributed by atoms with Crippen molar-refractivity contribution in [3.8, 4) is 17.2 Å². The van der Waals surface area contributed by atoms with Crippen LogP contribution in [0.4, 0.5) is 0 Å². The summed E-state index contributed by atoms with van der Waals surface area (Å²) in [4.78, 5) is 4.98. The van der Waals surface area contributed by atoms with Gasteiger partial charge in [0.15, 0.2) is 11.5 Å². The molecule has 3 aromatic rings. The molecule has 0 aliphatic carbocycles. The van der Waals surface area contributed by atoms with Crippen LogP contribution in [0.3, 0.4) is 0 Å². The smallest absolute Gasteiger partial charge is 0.231 e. The van der Waals surface area contributed by atoms with Gasteiger partial charge in [-0.25, -0.2) is 0 Å². The van der Waals surface area contributed by atoms with Crippen LogP contribution in [0.2, 0.25) is 10.0 Å². The van der Waals surface area contributed by atoms with Gasteiger partial charge in [0.25, 0.3) is 0 Å². The third kappa shape index (κ3) is 4.16. The Balaban J connectivity index is 1.20. The molecule has 0 spiro atoms. The first kappa shape index (κ1) is 19.8. The topological polar surface area (TPSA) is 29.9 Å². The van der Waals surface area contributed by atoms with Gasteiger partial charge in [-0.05, 0) is 48.0 Å². The first-order valence-corrected chi connectivity index (χ1v) is 10.9. The molecule has 0 atom stereocenters. The lowest BCUT2D eigenvalue weighted by atomic mass is 10.1. The second-order valence-corrected chi connectivity index (χ2v) is 8.55. The lowest BCUT2D eigenvalue weighted by molar-refractivity contribution is 0.120. The maximum atomic E-state index is 6.42. The van der Waals surface area contributed by atoms with Crippen molar-refractivity contribution in [1.82, 2.24) is 14.4 Å². The summed E-state index contributed by atoms with van der Waals surface area (Å²) in [5.41, 5.74) is 3.45. The molecular formula is C23H23Cl2N3O2. The van der Waals surface area contributed by atoms with Crippen LogP contribution in [0.5, 0.6) is 11.5 Å². The van der Waals surface area contributed by atoms with E-state index in [0.29, 0.717) is 16.8 Å². The summed E-state index contributed by atoms with van der Waals surface area (Å²) in [6.07, 6.45) is 2.06. The lowest BCUT2D eigenvalue weighted by Crippen LogP contribution is -2.45. The van der Waals surface area contributed by atoms with E-state index in [0.717, 1.165) is 56.5 Å². The molecule has 5 rings (SSSR count). The zero-order valence-corrected chi connectivity index (χ0v) is 18.1. The Morgan fingerprint density at radius 3 is 2.37 bits per heavy atom. The van der Waals surface area contributed by atoms with Crippen molar-refractivity contribution in [2.24, 2.45) is 0 Å². The molecule has 2 aliphatic heterocycles. The Kier molecular flexibility index (Phi) is 5.61. The van der Waals surface area contributed by atoms with Crippen molar-refractivity contribution < 1.29 is 9.47 Å². The van der Waals surface area contributed by atoms with Crippen molar-refractivity contribution in [3.63, 3.8) is 0 Å². The Labute approximate surface area is 186 Å². The average molecular weight is 444 g/mol. The maximum Gasteiger partial charge on any atom is 0.231 e. The van der Waals surface area contributed by atoms with E-state index in [1.54, 1.807) is 6.07 Å². The maximum absolute atomic E-state index is 6.42. The van der Waals surface area contributed by atoms with Crippen LogP contribution in [0.1, 0.15) is 11.3 Å². The van der Waals surface area contributed by atoms with Gasteiger partial charge in [-0.2, -0.15) is 0 Å². The molecule has 1 saturated heterocycles. The minimum atomic E-state index is 0.320. The lowest BCUT2D eigenvalue weighted by Gasteiger charge is -2.35. The molecule has 1 aromatic heterocycles. The zero-order chi connectivity index (χ0) is 20.5. The fraction of sp³-hybridized carbons (Fsp3) is 0.304. The summed E-state index contributed by atoms with van der Waals surface area (Å²) in [7, 11) is 0. The molecule has 1 fully saturated rings. The molecule has 0 bridgehead atoms. The average Bonchev–Trinajstić information content (AvgIpc) is 3.39. The molecular weight excluding hydrogens is 421 g/mol. The molecule has 0 radical (unpaired) electrons. The first-order chi connectivity index (χ1) is 14.7. The highest BCUT2D eigenvalue weighted by molar-refractivity contribution is 6.35. The van der Waals surface area contributed by atoms with Crippen LogP contribution >= 0.6 is 23.2 Å². The van der Waals surface area contributed by atoms with Gasteiger partial charge in [0.1, 0.15) is 0 Å². The van der Waals surface area contributed by atoms with Crippen molar-refractivity contribution in [2.75, 3.05) is 33.0 Å². The van der Waals surface area contributed by atoms with Crippen LogP contribution in [0, 0.1) is 0 Å². The summed E-state index contributed by atoms with van der Waals surface area (Å²) < 4.78 is 13.1. The summed E-state index contributed by atoms with van der Waals surface area (Å²) in [5, 5.41) is 1.31. The van der Waals surface area contributed by atoms with E-state index >= 15 is 0 Å². The van der Waals surface area contributed by atoms with Crippen LogP contribution < -0.4 is 9.47 Å². The monoisotopic (exact) mass is 443 g/mol. The normalized spacial score (nSPS) is 16.9. The summed E-state index contributed by atoms with van der Waals surface area (Å²) in [5.74, 6) is 1.69. The number of benzene rings is 2. The molecule has 7 heteroatoms. The number of rotatable bonds is 5. The molecule has 156 valence electrons. The van der Waals surface area contributed by atoms with E-state index in [1.807, 2.05) is 18.2 Å². The molecule has 2 aromatic carbocycles. The Morgan fingerprint density at radius 2 is 1.57 bits per heavy atom. The number of fused-ring (bicyclic) bond motifs is 1. The Morgan fingerprint density at radius 1 is 0.800 bits per heavy atom. The van der Waals surface area contributed by atoms with E-state index in [9.17, 15) is 0 Å². The third-order valence-electron chi connectivity index (χ3n) is 5.70. The van der Waals surface area contributed by atoms with Crippen LogP contribution in [-0.2, 0) is 13.1 Å². The molecule has 0 saturated carbocycles. The van der Waals surface area contributed by atoms with Crippen molar-refractivity contribution in [2.45, 2.75) is 13.1 Å². The second-order valence-electron chi connectivity index (χ2n) is 7.71. The summed E-state index contributed by atoms with van der Waals surface area (Å²) >= 11 is 12.5. The Bertz CT molecular complexity index is 1040. The number of piperazine rings is 1. The third-order valence-corrected chi connectivity index (χ3v) is 6.23. The van der Waals surface area contributed by atoms with Crippen molar-refractivity contribution in [1.29, 1.82) is 0 Å². The highest BCUT2D eigenvalue weighted by Crippen LogP contribution is 2.33. The van der Waals surface area contributed by atoms with Crippen LogP contribution in [0.15, 0.2) is 54.7 Å². The van der Waals surface area contributed by atoms with E-state index < -0.39 is 0 Å². The fourth-order valence-electron chi connectivity index (χ4n) is 4.09. The SMILES string of the molecule is Clc1ccc(-n2cccc2CN2CCN(Cc3ccc4c(c3)OCO4)CC2)c(Cl)c1. The van der Waals surface area contributed by atoms with Crippen LogP contribution in [-0.4, -0.2) is 47.3 Å². The molecule has 0 N–H and O–H groups in total. The van der Waals surface area contributed by atoms with Gasteiger partial charge in [0.05, 0.1) is 10.7 Å². The van der Waals surface area contributed by atoms with Crippen molar-refractivity contribution in [3.05, 3.63) is 76.0 Å². The number of ether oxygens (including phenoxy) is 2. The number of aromatic nitrogens is 1. The van der Waals surface area contributed by atoms with E-state index in [4.69, 9.17) is 32.7 Å². The first-order valence-electron chi connectivity index (χ1n) is 10.1. The quantitative estimate of drug-likeness (QED) is 0.564. The van der Waals surface area contributed by atoms with Gasteiger partial charge < -0.3 is 14.0 Å². The van der Waals surface area contributed by atoms with Gasteiger partial charge >= 0.3 is 0 Å². The fourth-order valence-corrected chi connectivity index (χ4v) is 4.59. The predicted molar refractivity (Wildman–Crippen MR) is 119 cm³/mol. The summed E-state index contributed by atoms with van der Waals surface area (Å²) in [6.45, 7) is 6.29. The molecule has 3 heterocycles. The standard InChI is InChI=1S/C23H23Cl2N3O2/c24-18-4-5-21(20(25)13-18)28-7-1-2-19(28)15-27-10-8-26(9-11-27)14-17-3-6-22-23(12-17)30-16-29-22/h1-7,12-13H,8-11,14-16H2. The zero-order valence-electron chi connectivity index (χ0n) is 16.6. The number of nitrogens with zero attached hydrogens (tertiary/aromatic N) is 3. The number of halogens is 2. The van der Waals surface area contributed by atoms with E-state index in [-0.39, 0.29) is 0 Å². The minimum Gasteiger partial charge on any atom is -0.454 e. The predicted octanol–water partition coefficient (Wildman–Crippen LogP) is 4.83. The van der Waals surface area contributed by atoms with Gasteiger partial charge in [-0.15, -0.1) is 0 Å². The van der Waals surface area contributed by atoms with Gasteiger partial charge in [0.2, 0.25) is 6.79 Å². The number of hydrogen-bond acceptors (Lipinski definition) is 4. The molecule has 5 nitrogen and oxygen atoms in total. The minimum absolute atomic E-state index is 0.320. The summed E-state index contributed by atoms with van der Waals surface area (Å²) in [6, 6.07) is 16.1. The highest BCUT2D eigenvalue weighted by atomic mass is 35.5. The van der Waals surface area contributed by atoms with E-state index in [2.05, 4.69) is 44.8 Å². The molecule has 0 amide bonds. The number of hydrogen-bond donors (Lipinski definition) is 0. The van der Waals surface area contributed by atoms with Gasteiger partial charge in [0, 0.05) is 56.2 Å². The van der Waals surface area contributed by atoms with Crippen molar-refractivity contribution >= 4 is 23.2 Å². The molecule has 2 aliphatic rings. The largest absolute Gasteiger partial charge is 0.454 e. The van der Waals surface area contributed by atoms with E-state index in [1.165, 1.54) is 11.3 Å². The second kappa shape index (κ2) is 8.52. The Hall–Kier alpha value is -2.18. The molecule has 30 heavy (non-hydrogen) atoms. The van der Waals surface area contributed by atoms with Gasteiger partial charge in [-0.3, -0.25) is 9.80 Å². The van der Waals surface area contributed by atoms with Gasteiger partial charge in [-0.1, -0.05) is 29.3 Å². The van der Waals surface area contributed by atoms with Crippen LogP contribution in [0.25, 0.3) is 5.69 Å². The molecule has 0 unspecified atom stereocenters.